The van der Waals surface area contributed by atoms with E-state index in [4.69, 9.17) is 5.11 Å². The minimum absolute atomic E-state index is 0.00116. The van der Waals surface area contributed by atoms with E-state index in [2.05, 4.69) is 20.3 Å². The SMILES string of the molecule is CC(C)c1c(C(=O)O)nnn1Cc1cn2cccnc2n1. The second kappa shape index (κ2) is 4.97. The molecule has 8 nitrogen and oxygen atoms in total. The van der Waals surface area contributed by atoms with Gasteiger partial charge in [-0.15, -0.1) is 5.10 Å². The van der Waals surface area contributed by atoms with Crippen LogP contribution in [-0.4, -0.2) is 40.4 Å². The highest BCUT2D eigenvalue weighted by atomic mass is 16.4. The second-order valence-electron chi connectivity index (χ2n) is 5.00. The minimum Gasteiger partial charge on any atom is -0.476 e. The molecule has 0 aliphatic heterocycles. The van der Waals surface area contributed by atoms with E-state index >= 15 is 0 Å². The highest BCUT2D eigenvalue weighted by Crippen LogP contribution is 2.18. The summed E-state index contributed by atoms with van der Waals surface area (Å²) in [6, 6.07) is 1.82. The van der Waals surface area contributed by atoms with Crippen molar-refractivity contribution in [2.75, 3.05) is 0 Å². The van der Waals surface area contributed by atoms with E-state index in [1.165, 1.54) is 0 Å². The Morgan fingerprint density at radius 2 is 2.24 bits per heavy atom. The molecule has 0 unspecified atom stereocenters. The molecule has 0 fully saturated rings. The third-order valence-corrected chi connectivity index (χ3v) is 3.12. The molecule has 0 aromatic carbocycles. The van der Waals surface area contributed by atoms with Crippen LogP contribution in [0.2, 0.25) is 0 Å². The van der Waals surface area contributed by atoms with Gasteiger partial charge in [-0.2, -0.15) is 0 Å². The molecule has 21 heavy (non-hydrogen) atoms. The topological polar surface area (TPSA) is 98.2 Å². The summed E-state index contributed by atoms with van der Waals surface area (Å²) in [7, 11) is 0. The Hall–Kier alpha value is -2.77. The predicted molar refractivity (Wildman–Crippen MR) is 73.2 cm³/mol. The molecule has 0 spiro atoms. The third kappa shape index (κ3) is 2.35. The molecule has 0 aliphatic rings. The van der Waals surface area contributed by atoms with Gasteiger partial charge < -0.3 is 5.11 Å². The quantitative estimate of drug-likeness (QED) is 0.773. The van der Waals surface area contributed by atoms with Crippen LogP contribution >= 0.6 is 0 Å². The van der Waals surface area contributed by atoms with Gasteiger partial charge in [0.15, 0.2) is 5.69 Å². The number of aromatic nitrogens is 6. The molecule has 0 bridgehead atoms. The van der Waals surface area contributed by atoms with Gasteiger partial charge in [0.25, 0.3) is 0 Å². The minimum atomic E-state index is -1.07. The molecule has 0 amide bonds. The van der Waals surface area contributed by atoms with Gasteiger partial charge in [-0.1, -0.05) is 19.1 Å². The largest absolute Gasteiger partial charge is 0.476 e. The number of hydrogen-bond donors (Lipinski definition) is 1. The Labute approximate surface area is 120 Å². The molecule has 8 heteroatoms. The van der Waals surface area contributed by atoms with Crippen molar-refractivity contribution in [1.82, 2.24) is 29.4 Å². The van der Waals surface area contributed by atoms with Crippen molar-refractivity contribution < 1.29 is 9.90 Å². The lowest BCUT2D eigenvalue weighted by Crippen LogP contribution is -2.11. The fraction of sp³-hybridized carbons (Fsp3) is 0.308. The average Bonchev–Trinajstić information content (AvgIpc) is 3.01. The van der Waals surface area contributed by atoms with Crippen LogP contribution in [0.4, 0.5) is 0 Å². The molecule has 108 valence electrons. The van der Waals surface area contributed by atoms with E-state index in [0.717, 1.165) is 5.69 Å². The average molecular weight is 286 g/mol. The zero-order valence-corrected chi connectivity index (χ0v) is 11.6. The normalized spacial score (nSPS) is 11.4. The Morgan fingerprint density at radius 3 is 2.90 bits per heavy atom. The number of nitrogens with zero attached hydrogens (tertiary/aromatic N) is 6. The first-order chi connectivity index (χ1) is 10.1. The number of imidazole rings is 1. The van der Waals surface area contributed by atoms with Gasteiger partial charge in [-0.25, -0.2) is 19.4 Å². The van der Waals surface area contributed by atoms with Gasteiger partial charge in [-0.3, -0.25) is 4.40 Å². The van der Waals surface area contributed by atoms with Crippen molar-refractivity contribution in [3.8, 4) is 0 Å². The first kappa shape index (κ1) is 13.2. The number of carboxylic acids is 1. The maximum atomic E-state index is 11.2. The van der Waals surface area contributed by atoms with Crippen LogP contribution in [0.25, 0.3) is 5.78 Å². The van der Waals surface area contributed by atoms with E-state index in [0.29, 0.717) is 18.0 Å². The summed E-state index contributed by atoms with van der Waals surface area (Å²) >= 11 is 0. The van der Waals surface area contributed by atoms with Gasteiger partial charge in [0.2, 0.25) is 5.78 Å². The van der Waals surface area contributed by atoms with Crippen molar-refractivity contribution in [2.45, 2.75) is 26.3 Å². The van der Waals surface area contributed by atoms with Gasteiger partial charge in [0.1, 0.15) is 0 Å². The van der Waals surface area contributed by atoms with Gasteiger partial charge in [0, 0.05) is 18.6 Å². The molecule has 0 aliphatic carbocycles. The molecule has 3 aromatic rings. The standard InChI is InChI=1S/C13H14N6O2/c1-8(2)11-10(12(20)21)16-17-19(11)7-9-6-18-5-3-4-14-13(18)15-9/h3-6,8H,7H2,1-2H3,(H,20,21). The van der Waals surface area contributed by atoms with Crippen LogP contribution in [0.1, 0.15) is 41.6 Å². The van der Waals surface area contributed by atoms with Crippen molar-refractivity contribution in [3.05, 3.63) is 41.7 Å². The first-order valence-corrected chi connectivity index (χ1v) is 6.51. The van der Waals surface area contributed by atoms with Crippen LogP contribution in [0.15, 0.2) is 24.7 Å². The molecule has 3 aromatic heterocycles. The van der Waals surface area contributed by atoms with Gasteiger partial charge >= 0.3 is 5.97 Å². The van der Waals surface area contributed by atoms with Crippen LogP contribution < -0.4 is 0 Å². The Balaban J connectivity index is 1.99. The summed E-state index contributed by atoms with van der Waals surface area (Å²) in [4.78, 5) is 19.7. The molecule has 3 heterocycles. The van der Waals surface area contributed by atoms with Crippen LogP contribution in [0, 0.1) is 0 Å². The van der Waals surface area contributed by atoms with Gasteiger partial charge in [0.05, 0.1) is 17.9 Å². The molecule has 1 N–H and O–H groups in total. The fourth-order valence-electron chi connectivity index (χ4n) is 2.27. The summed E-state index contributed by atoms with van der Waals surface area (Å²) in [5.74, 6) is -0.472. The zero-order chi connectivity index (χ0) is 15.0. The first-order valence-electron chi connectivity index (χ1n) is 6.51. The lowest BCUT2D eigenvalue weighted by molar-refractivity contribution is 0.0688. The summed E-state index contributed by atoms with van der Waals surface area (Å²) < 4.78 is 3.38. The number of aromatic carboxylic acids is 1. The number of carboxylic acid groups (broad SMARTS) is 1. The second-order valence-corrected chi connectivity index (χ2v) is 5.00. The van der Waals surface area contributed by atoms with E-state index < -0.39 is 5.97 Å². The summed E-state index contributed by atoms with van der Waals surface area (Å²) in [6.07, 6.45) is 5.37. The lowest BCUT2D eigenvalue weighted by Gasteiger charge is -2.08. The smallest absolute Gasteiger partial charge is 0.358 e. The molecule has 0 atom stereocenters. The number of carbonyl (C=O) groups is 1. The van der Waals surface area contributed by atoms with E-state index in [1.807, 2.05) is 32.3 Å². The number of fused-ring (bicyclic) bond motifs is 1. The van der Waals surface area contributed by atoms with E-state index in [9.17, 15) is 4.79 Å². The summed E-state index contributed by atoms with van der Waals surface area (Å²) in [6.45, 7) is 4.18. The van der Waals surface area contributed by atoms with Crippen molar-refractivity contribution in [1.29, 1.82) is 0 Å². The maximum absolute atomic E-state index is 11.2. The van der Waals surface area contributed by atoms with Crippen molar-refractivity contribution >= 4 is 11.7 Å². The van der Waals surface area contributed by atoms with E-state index in [1.54, 1.807) is 15.3 Å². The highest BCUT2D eigenvalue weighted by Gasteiger charge is 2.21. The van der Waals surface area contributed by atoms with Crippen LogP contribution in [0.3, 0.4) is 0 Å². The van der Waals surface area contributed by atoms with Crippen molar-refractivity contribution in [2.24, 2.45) is 0 Å². The lowest BCUT2D eigenvalue weighted by atomic mass is 10.1. The summed E-state index contributed by atoms with van der Waals surface area (Å²) in [5.41, 5.74) is 1.33. The molecular formula is C13H14N6O2. The number of rotatable bonds is 4. The Bertz CT molecular complexity index is 771. The van der Waals surface area contributed by atoms with E-state index in [-0.39, 0.29) is 11.6 Å². The monoisotopic (exact) mass is 286 g/mol. The predicted octanol–water partition coefficient (Wildman–Crippen LogP) is 1.19. The van der Waals surface area contributed by atoms with Crippen molar-refractivity contribution in [3.63, 3.8) is 0 Å². The molecule has 0 radical (unpaired) electrons. The Morgan fingerprint density at radius 1 is 1.43 bits per heavy atom. The fourth-order valence-corrected chi connectivity index (χ4v) is 2.27. The molecule has 0 saturated carbocycles. The molecular weight excluding hydrogens is 272 g/mol. The molecule has 3 rings (SSSR count). The number of hydrogen-bond acceptors (Lipinski definition) is 5. The zero-order valence-electron chi connectivity index (χ0n) is 11.6. The molecule has 0 saturated heterocycles. The third-order valence-electron chi connectivity index (χ3n) is 3.12. The maximum Gasteiger partial charge on any atom is 0.358 e. The Kier molecular flexibility index (Phi) is 3.13. The van der Waals surface area contributed by atoms with Gasteiger partial charge in [-0.05, 0) is 12.0 Å². The summed E-state index contributed by atoms with van der Waals surface area (Å²) in [5, 5.41) is 16.9. The highest BCUT2D eigenvalue weighted by molar-refractivity contribution is 5.86. The van der Waals surface area contributed by atoms with Crippen LogP contribution in [0.5, 0.6) is 0 Å². The van der Waals surface area contributed by atoms with Crippen LogP contribution in [-0.2, 0) is 6.54 Å².